The number of nitrogens with one attached hydrogen (secondary N) is 3. The van der Waals surface area contributed by atoms with Gasteiger partial charge in [-0.15, -0.1) is 0 Å². The maximum atomic E-state index is 12.8. The minimum atomic E-state index is -0.155. The summed E-state index contributed by atoms with van der Waals surface area (Å²) in [5.74, 6) is 0.551. The molecule has 0 radical (unpaired) electrons. The van der Waals surface area contributed by atoms with Crippen LogP contribution in [-0.2, 0) is 0 Å². The molecule has 1 aromatic carbocycles. The van der Waals surface area contributed by atoms with E-state index in [0.29, 0.717) is 35.7 Å². The third kappa shape index (κ3) is 4.46. The molecule has 0 bridgehead atoms. The summed E-state index contributed by atoms with van der Waals surface area (Å²) in [6.07, 6.45) is 3.63. The molecule has 6 heteroatoms. The largest absolute Gasteiger partial charge is 0.342 e. The predicted molar refractivity (Wildman–Crippen MR) is 107 cm³/mol. The molecule has 0 saturated carbocycles. The van der Waals surface area contributed by atoms with Gasteiger partial charge >= 0.3 is 0 Å². The Morgan fingerprint density at radius 1 is 1.11 bits per heavy atom. The van der Waals surface area contributed by atoms with Crippen LogP contribution in [0.4, 0.5) is 0 Å². The third-order valence-corrected chi connectivity index (χ3v) is 5.44. The lowest BCUT2D eigenvalue weighted by Crippen LogP contribution is -2.30. The fraction of sp³-hybridized carbons (Fsp3) is 0.429. The van der Waals surface area contributed by atoms with Crippen LogP contribution < -0.4 is 16.4 Å². The van der Waals surface area contributed by atoms with E-state index in [2.05, 4.69) is 29.7 Å². The average molecular weight is 368 g/mol. The smallest absolute Gasteiger partial charge is 0.255 e. The van der Waals surface area contributed by atoms with Gasteiger partial charge in [0.15, 0.2) is 0 Å². The van der Waals surface area contributed by atoms with Crippen LogP contribution in [-0.4, -0.2) is 41.5 Å². The normalized spacial score (nSPS) is 22.0. The highest BCUT2D eigenvalue weighted by molar-refractivity contribution is 5.95. The molecule has 3 rings (SSSR count). The molecular formula is C21H28N4O2. The first kappa shape index (κ1) is 19.3. The van der Waals surface area contributed by atoms with Crippen molar-refractivity contribution < 1.29 is 4.79 Å². The summed E-state index contributed by atoms with van der Waals surface area (Å²) in [5.41, 5.74) is 8.31. The molecule has 1 amide bonds. The monoisotopic (exact) mass is 368 g/mol. The van der Waals surface area contributed by atoms with Gasteiger partial charge in [-0.05, 0) is 62.4 Å². The molecule has 0 aliphatic carbocycles. The summed E-state index contributed by atoms with van der Waals surface area (Å²) >= 11 is 0. The van der Waals surface area contributed by atoms with Gasteiger partial charge in [-0.2, -0.15) is 0 Å². The Morgan fingerprint density at radius 2 is 1.85 bits per heavy atom. The van der Waals surface area contributed by atoms with Crippen molar-refractivity contribution in [2.45, 2.75) is 38.8 Å². The Morgan fingerprint density at radius 3 is 2.56 bits per heavy atom. The van der Waals surface area contributed by atoms with Crippen LogP contribution >= 0.6 is 0 Å². The van der Waals surface area contributed by atoms with Gasteiger partial charge in [0, 0.05) is 43.0 Å². The molecule has 2 atom stereocenters. The van der Waals surface area contributed by atoms with Crippen molar-refractivity contribution in [3.05, 3.63) is 58.5 Å². The highest BCUT2D eigenvalue weighted by atomic mass is 16.2. The van der Waals surface area contributed by atoms with Gasteiger partial charge in [-0.1, -0.05) is 12.1 Å². The van der Waals surface area contributed by atoms with Gasteiger partial charge in [0.2, 0.25) is 0 Å². The van der Waals surface area contributed by atoms with Crippen LogP contribution in [0.25, 0.3) is 11.1 Å². The SMILES string of the molecule is CC1NNC(C)C1CCCN(C)C(=O)c1cccc(-c2ccc[nH]c2=O)c1. The summed E-state index contributed by atoms with van der Waals surface area (Å²) < 4.78 is 0. The van der Waals surface area contributed by atoms with E-state index >= 15 is 0 Å². The Labute approximate surface area is 160 Å². The van der Waals surface area contributed by atoms with Gasteiger partial charge in [0.25, 0.3) is 11.5 Å². The van der Waals surface area contributed by atoms with Crippen molar-refractivity contribution in [3.63, 3.8) is 0 Å². The predicted octanol–water partition coefficient (Wildman–Crippen LogP) is 2.40. The number of carbonyl (C=O) groups excluding carboxylic acids is 1. The Bertz CT molecular complexity index is 838. The van der Waals surface area contributed by atoms with Crippen molar-refractivity contribution >= 4 is 5.91 Å². The number of H-pyrrole nitrogens is 1. The van der Waals surface area contributed by atoms with Crippen molar-refractivity contribution in [3.8, 4) is 11.1 Å². The minimum Gasteiger partial charge on any atom is -0.342 e. The molecular weight excluding hydrogens is 340 g/mol. The summed E-state index contributed by atoms with van der Waals surface area (Å²) in [6, 6.07) is 11.7. The number of benzene rings is 1. The van der Waals surface area contributed by atoms with Gasteiger partial charge in [-0.3, -0.25) is 20.4 Å². The van der Waals surface area contributed by atoms with E-state index in [1.807, 2.05) is 19.2 Å². The number of amides is 1. The number of aromatic amines is 1. The lowest BCUT2D eigenvalue weighted by molar-refractivity contribution is 0.0790. The summed E-state index contributed by atoms with van der Waals surface area (Å²) in [4.78, 5) is 29.2. The van der Waals surface area contributed by atoms with Crippen LogP contribution in [0.15, 0.2) is 47.4 Å². The Kier molecular flexibility index (Phi) is 6.08. The highest BCUT2D eigenvalue weighted by Gasteiger charge is 2.29. The van der Waals surface area contributed by atoms with Crippen LogP contribution in [0.2, 0.25) is 0 Å². The number of hydrogen-bond donors (Lipinski definition) is 3. The van der Waals surface area contributed by atoms with E-state index in [9.17, 15) is 9.59 Å². The lowest BCUT2D eigenvalue weighted by atomic mass is 9.91. The zero-order valence-electron chi connectivity index (χ0n) is 16.2. The van der Waals surface area contributed by atoms with Crippen molar-refractivity contribution in [2.75, 3.05) is 13.6 Å². The first-order valence-corrected chi connectivity index (χ1v) is 9.52. The fourth-order valence-electron chi connectivity index (χ4n) is 3.76. The third-order valence-electron chi connectivity index (χ3n) is 5.44. The molecule has 2 aromatic rings. The standard InChI is InChI=1S/C21H28N4O2/c1-14-18(15(2)24-23-14)10-6-12-25(3)21(27)17-8-4-7-16(13-17)19-9-5-11-22-20(19)26/h4-5,7-9,11,13-15,18,23-24H,6,10,12H2,1-3H3,(H,22,26). The first-order chi connectivity index (χ1) is 13.0. The fourth-order valence-corrected chi connectivity index (χ4v) is 3.76. The molecule has 3 N–H and O–H groups in total. The summed E-state index contributed by atoms with van der Waals surface area (Å²) in [5, 5.41) is 0. The molecule has 1 aliphatic rings. The topological polar surface area (TPSA) is 77.2 Å². The molecule has 27 heavy (non-hydrogen) atoms. The second-order valence-electron chi connectivity index (χ2n) is 7.39. The highest BCUT2D eigenvalue weighted by Crippen LogP contribution is 2.21. The number of hydrogen-bond acceptors (Lipinski definition) is 4. The van der Waals surface area contributed by atoms with E-state index < -0.39 is 0 Å². The average Bonchev–Trinajstić information content (AvgIpc) is 2.99. The molecule has 144 valence electrons. The zero-order chi connectivity index (χ0) is 19.4. The van der Waals surface area contributed by atoms with Crippen LogP contribution in [0.5, 0.6) is 0 Å². The second kappa shape index (κ2) is 8.50. The molecule has 6 nitrogen and oxygen atoms in total. The van der Waals surface area contributed by atoms with Crippen molar-refractivity contribution in [1.29, 1.82) is 0 Å². The maximum Gasteiger partial charge on any atom is 0.255 e. The second-order valence-corrected chi connectivity index (χ2v) is 7.39. The number of nitrogens with zero attached hydrogens (tertiary/aromatic N) is 1. The van der Waals surface area contributed by atoms with Crippen LogP contribution in [0.1, 0.15) is 37.0 Å². The van der Waals surface area contributed by atoms with E-state index in [1.54, 1.807) is 35.4 Å². The molecule has 1 aromatic heterocycles. The number of hydrazine groups is 1. The van der Waals surface area contributed by atoms with Crippen LogP contribution in [0, 0.1) is 5.92 Å². The molecule has 1 saturated heterocycles. The van der Waals surface area contributed by atoms with Gasteiger partial charge in [0.1, 0.15) is 0 Å². The zero-order valence-corrected chi connectivity index (χ0v) is 16.2. The number of rotatable bonds is 6. The van der Waals surface area contributed by atoms with E-state index in [0.717, 1.165) is 18.4 Å². The number of pyridine rings is 1. The number of aromatic nitrogens is 1. The van der Waals surface area contributed by atoms with E-state index in [4.69, 9.17) is 0 Å². The Hall–Kier alpha value is -2.44. The lowest BCUT2D eigenvalue weighted by Gasteiger charge is -2.21. The van der Waals surface area contributed by atoms with Crippen molar-refractivity contribution in [1.82, 2.24) is 20.7 Å². The van der Waals surface area contributed by atoms with Gasteiger partial charge in [0.05, 0.1) is 0 Å². The van der Waals surface area contributed by atoms with Crippen LogP contribution in [0.3, 0.4) is 0 Å². The Balaban J connectivity index is 1.62. The first-order valence-electron chi connectivity index (χ1n) is 9.52. The minimum absolute atomic E-state index is 0.0204. The van der Waals surface area contributed by atoms with Gasteiger partial charge in [-0.25, -0.2) is 0 Å². The van der Waals surface area contributed by atoms with Crippen molar-refractivity contribution in [2.24, 2.45) is 5.92 Å². The molecule has 1 fully saturated rings. The summed E-state index contributed by atoms with van der Waals surface area (Å²) in [6.45, 7) is 5.09. The van der Waals surface area contributed by atoms with Gasteiger partial charge < -0.3 is 9.88 Å². The van der Waals surface area contributed by atoms with E-state index in [-0.39, 0.29) is 11.5 Å². The molecule has 2 unspecified atom stereocenters. The molecule has 1 aliphatic heterocycles. The molecule has 2 heterocycles. The number of carbonyl (C=O) groups is 1. The van der Waals surface area contributed by atoms with E-state index in [1.165, 1.54) is 0 Å². The maximum absolute atomic E-state index is 12.8. The summed E-state index contributed by atoms with van der Waals surface area (Å²) in [7, 11) is 1.84. The quantitative estimate of drug-likeness (QED) is 0.732. The molecule has 0 spiro atoms.